The van der Waals surface area contributed by atoms with Crippen LogP contribution in [-0.4, -0.2) is 30.7 Å². The highest BCUT2D eigenvalue weighted by Gasteiger charge is 2.30. The molecule has 0 spiro atoms. The molecule has 0 aliphatic carbocycles. The summed E-state index contributed by atoms with van der Waals surface area (Å²) in [7, 11) is 0. The lowest BCUT2D eigenvalue weighted by molar-refractivity contribution is -0.0319. The van der Waals surface area contributed by atoms with Gasteiger partial charge in [0.2, 0.25) is 0 Å². The first-order valence-electron chi connectivity index (χ1n) is 9.63. The molecule has 2 atom stereocenters. The van der Waals surface area contributed by atoms with Gasteiger partial charge in [-0.1, -0.05) is 84.4 Å². The number of hydrogen-bond donors (Lipinski definition) is 0. The first-order chi connectivity index (χ1) is 13.8. The lowest BCUT2D eigenvalue weighted by Gasteiger charge is -2.37. The predicted molar refractivity (Wildman–Crippen MR) is 118 cm³/mol. The molecule has 2 nitrogen and oxygen atoms in total. The molecule has 0 aromatic heterocycles. The maximum absolute atomic E-state index is 6.46. The summed E-state index contributed by atoms with van der Waals surface area (Å²) in [5.74, 6) is 0. The minimum absolute atomic E-state index is 0.112. The first-order valence-corrected chi connectivity index (χ1v) is 10.9. The Labute approximate surface area is 176 Å². The highest BCUT2D eigenvalue weighted by Crippen LogP contribution is 2.42. The Morgan fingerprint density at radius 2 is 1.61 bits per heavy atom. The topological polar surface area (TPSA) is 12.5 Å². The number of halogens is 1. The van der Waals surface area contributed by atoms with E-state index in [2.05, 4.69) is 71.6 Å². The van der Waals surface area contributed by atoms with Crippen LogP contribution in [0.15, 0.2) is 89.8 Å². The van der Waals surface area contributed by atoms with E-state index < -0.39 is 0 Å². The number of ether oxygens (including phenoxy) is 1. The summed E-state index contributed by atoms with van der Waals surface area (Å²) in [4.78, 5) is 3.59. The summed E-state index contributed by atoms with van der Waals surface area (Å²) in [5, 5.41) is 0.991. The molecule has 3 aromatic carbocycles. The molecule has 0 bridgehead atoms. The smallest absolute Gasteiger partial charge is 0.0865 e. The quantitative estimate of drug-likeness (QED) is 0.458. The molecule has 28 heavy (non-hydrogen) atoms. The minimum atomic E-state index is 0.112. The summed E-state index contributed by atoms with van der Waals surface area (Å²) in [6, 6.07) is 29.4. The van der Waals surface area contributed by atoms with Crippen LogP contribution in [0.25, 0.3) is 0 Å². The molecule has 1 aliphatic heterocycles. The van der Waals surface area contributed by atoms with Gasteiger partial charge in [0, 0.05) is 24.5 Å². The van der Waals surface area contributed by atoms with E-state index >= 15 is 0 Å². The van der Waals surface area contributed by atoms with Crippen molar-refractivity contribution in [3.05, 3.63) is 101 Å². The SMILES string of the molecule is Clc1ccccc1S[C@@H](c1ccccc1)C1CN(Cc2ccccc2)CCO1. The highest BCUT2D eigenvalue weighted by molar-refractivity contribution is 7.99. The van der Waals surface area contributed by atoms with Crippen LogP contribution in [0.1, 0.15) is 16.4 Å². The molecule has 4 rings (SSSR count). The number of rotatable bonds is 6. The second-order valence-corrected chi connectivity index (χ2v) is 8.60. The molecule has 1 heterocycles. The fourth-order valence-corrected chi connectivity index (χ4v) is 5.07. The van der Waals surface area contributed by atoms with Gasteiger partial charge in [0.05, 0.1) is 23.0 Å². The van der Waals surface area contributed by atoms with Gasteiger partial charge in [-0.3, -0.25) is 4.90 Å². The number of nitrogens with zero attached hydrogens (tertiary/aromatic N) is 1. The van der Waals surface area contributed by atoms with Crippen molar-refractivity contribution in [1.82, 2.24) is 4.90 Å². The maximum atomic E-state index is 6.46. The molecule has 1 fully saturated rings. The second kappa shape index (κ2) is 9.62. The van der Waals surface area contributed by atoms with Crippen molar-refractivity contribution >= 4 is 23.4 Å². The van der Waals surface area contributed by atoms with Crippen molar-refractivity contribution in [2.24, 2.45) is 0 Å². The minimum Gasteiger partial charge on any atom is -0.374 e. The predicted octanol–water partition coefficient (Wildman–Crippen LogP) is 6.07. The van der Waals surface area contributed by atoms with Crippen LogP contribution >= 0.6 is 23.4 Å². The average Bonchev–Trinajstić information content (AvgIpc) is 2.75. The van der Waals surface area contributed by atoms with E-state index in [9.17, 15) is 0 Å². The molecular formula is C24H24ClNOS. The fourth-order valence-electron chi connectivity index (χ4n) is 3.58. The third kappa shape index (κ3) is 4.98. The third-order valence-electron chi connectivity index (χ3n) is 4.98. The van der Waals surface area contributed by atoms with Crippen LogP contribution in [0.5, 0.6) is 0 Å². The van der Waals surface area contributed by atoms with Gasteiger partial charge in [-0.25, -0.2) is 0 Å². The molecule has 144 valence electrons. The Hall–Kier alpha value is -1.78. The van der Waals surface area contributed by atoms with Crippen molar-refractivity contribution in [3.63, 3.8) is 0 Å². The van der Waals surface area contributed by atoms with Crippen LogP contribution < -0.4 is 0 Å². The van der Waals surface area contributed by atoms with E-state index in [1.54, 1.807) is 11.8 Å². The van der Waals surface area contributed by atoms with Gasteiger partial charge < -0.3 is 4.74 Å². The van der Waals surface area contributed by atoms with E-state index in [-0.39, 0.29) is 11.4 Å². The van der Waals surface area contributed by atoms with Gasteiger partial charge in [0.15, 0.2) is 0 Å². The Kier molecular flexibility index (Phi) is 6.71. The number of thioether (sulfide) groups is 1. The van der Waals surface area contributed by atoms with Crippen LogP contribution in [0.4, 0.5) is 0 Å². The van der Waals surface area contributed by atoms with Crippen LogP contribution in [0.2, 0.25) is 5.02 Å². The number of morpholine rings is 1. The summed E-state index contributed by atoms with van der Waals surface area (Å²) < 4.78 is 6.27. The van der Waals surface area contributed by atoms with Gasteiger partial charge in [-0.15, -0.1) is 11.8 Å². The number of hydrogen-bond acceptors (Lipinski definition) is 3. The highest BCUT2D eigenvalue weighted by atomic mass is 35.5. The van der Waals surface area contributed by atoms with Crippen molar-refractivity contribution in [2.45, 2.75) is 22.8 Å². The van der Waals surface area contributed by atoms with E-state index in [1.807, 2.05) is 18.2 Å². The Morgan fingerprint density at radius 1 is 0.929 bits per heavy atom. The molecule has 0 amide bonds. The largest absolute Gasteiger partial charge is 0.374 e. The summed E-state index contributed by atoms with van der Waals surface area (Å²) in [6.07, 6.45) is 0.112. The molecule has 1 saturated heterocycles. The molecule has 4 heteroatoms. The van der Waals surface area contributed by atoms with Crippen molar-refractivity contribution in [3.8, 4) is 0 Å². The van der Waals surface area contributed by atoms with E-state index in [0.29, 0.717) is 0 Å². The molecule has 0 N–H and O–H groups in total. The normalized spacial score (nSPS) is 18.7. The van der Waals surface area contributed by atoms with Gasteiger partial charge >= 0.3 is 0 Å². The number of benzene rings is 3. The van der Waals surface area contributed by atoms with Crippen LogP contribution in [-0.2, 0) is 11.3 Å². The van der Waals surface area contributed by atoms with E-state index in [4.69, 9.17) is 16.3 Å². The third-order valence-corrected chi connectivity index (χ3v) is 6.86. The summed E-state index contributed by atoms with van der Waals surface area (Å²) in [6.45, 7) is 3.58. The van der Waals surface area contributed by atoms with Gasteiger partial charge in [0.1, 0.15) is 0 Å². The molecule has 1 aliphatic rings. The molecule has 1 unspecified atom stereocenters. The Balaban J connectivity index is 1.54. The average molecular weight is 410 g/mol. The van der Waals surface area contributed by atoms with Crippen molar-refractivity contribution in [2.75, 3.05) is 19.7 Å². The molecule has 0 saturated carbocycles. The van der Waals surface area contributed by atoms with Crippen molar-refractivity contribution < 1.29 is 4.74 Å². The fraction of sp³-hybridized carbons (Fsp3) is 0.250. The zero-order chi connectivity index (χ0) is 19.2. The zero-order valence-electron chi connectivity index (χ0n) is 15.7. The first kappa shape index (κ1) is 19.5. The molecule has 0 radical (unpaired) electrons. The van der Waals surface area contributed by atoms with E-state index in [1.165, 1.54) is 11.1 Å². The second-order valence-electron chi connectivity index (χ2n) is 7.01. The van der Waals surface area contributed by atoms with Crippen molar-refractivity contribution in [1.29, 1.82) is 0 Å². The molecular weight excluding hydrogens is 386 g/mol. The lowest BCUT2D eigenvalue weighted by atomic mass is 10.1. The monoisotopic (exact) mass is 409 g/mol. The standard InChI is InChI=1S/C24H24ClNOS/c25-21-13-7-8-14-23(21)28-24(20-11-5-2-6-12-20)22-18-26(15-16-27-22)17-19-9-3-1-4-10-19/h1-14,22,24H,15-18H2/t22?,24-/m0/s1. The zero-order valence-corrected chi connectivity index (χ0v) is 17.3. The van der Waals surface area contributed by atoms with E-state index in [0.717, 1.165) is 36.2 Å². The Morgan fingerprint density at radius 3 is 2.36 bits per heavy atom. The maximum Gasteiger partial charge on any atom is 0.0865 e. The van der Waals surface area contributed by atoms with Gasteiger partial charge in [0.25, 0.3) is 0 Å². The van der Waals surface area contributed by atoms with Crippen LogP contribution in [0, 0.1) is 0 Å². The molecule has 3 aromatic rings. The lowest BCUT2D eigenvalue weighted by Crippen LogP contribution is -2.44. The Bertz CT molecular complexity index is 874. The van der Waals surface area contributed by atoms with Crippen LogP contribution in [0.3, 0.4) is 0 Å². The van der Waals surface area contributed by atoms with Gasteiger partial charge in [-0.05, 0) is 23.3 Å². The van der Waals surface area contributed by atoms with Gasteiger partial charge in [-0.2, -0.15) is 0 Å². The summed E-state index contributed by atoms with van der Waals surface area (Å²) >= 11 is 8.26. The summed E-state index contributed by atoms with van der Waals surface area (Å²) in [5.41, 5.74) is 2.62.